The van der Waals surface area contributed by atoms with Crippen molar-refractivity contribution in [3.63, 3.8) is 0 Å². The number of benzene rings is 2. The lowest BCUT2D eigenvalue weighted by molar-refractivity contribution is 0.587. The van der Waals surface area contributed by atoms with Gasteiger partial charge in [-0.05, 0) is 36.8 Å². The largest absolute Gasteiger partial charge is 0.329 e. The second-order valence-electron chi connectivity index (χ2n) is 4.78. The van der Waals surface area contributed by atoms with Crippen LogP contribution in [0.5, 0.6) is 0 Å². The van der Waals surface area contributed by atoms with Crippen molar-refractivity contribution in [2.24, 2.45) is 0 Å². The summed E-state index contributed by atoms with van der Waals surface area (Å²) in [5, 5.41) is -1.10. The van der Waals surface area contributed by atoms with Crippen molar-refractivity contribution in [1.82, 2.24) is 0 Å². The topological polar surface area (TPSA) is 38.5 Å². The molecule has 21 heavy (non-hydrogen) atoms. The predicted molar refractivity (Wildman–Crippen MR) is 86.6 cm³/mol. The predicted octanol–water partition coefficient (Wildman–Crippen LogP) is 4.02. The third-order valence-electron chi connectivity index (χ3n) is 3.15. The zero-order chi connectivity index (χ0) is 15.5. The number of aryl methyl sites for hydroxylation is 1. The first-order valence-corrected chi connectivity index (χ1v) is 8.69. The second-order valence-corrected chi connectivity index (χ2v) is 7.80. The van der Waals surface area contributed by atoms with Gasteiger partial charge in [0, 0.05) is 4.47 Å². The highest BCUT2D eigenvalue weighted by atomic mass is 79.9. The van der Waals surface area contributed by atoms with Gasteiger partial charge in [0.05, 0.1) is 11.3 Å². The molecule has 0 aliphatic rings. The van der Waals surface area contributed by atoms with E-state index in [1.54, 1.807) is 24.3 Å². The first-order chi connectivity index (χ1) is 9.93. The first-order valence-electron chi connectivity index (χ1n) is 6.35. The molecule has 0 radical (unpaired) electrons. The smallest absolute Gasteiger partial charge is 0.296 e. The number of halogens is 1. The van der Waals surface area contributed by atoms with Gasteiger partial charge < -0.3 is 0 Å². The van der Waals surface area contributed by atoms with Gasteiger partial charge in [-0.15, -0.1) is 0 Å². The highest BCUT2D eigenvalue weighted by Crippen LogP contribution is 2.22. The molecule has 0 saturated heterocycles. The van der Waals surface area contributed by atoms with Gasteiger partial charge in [0.2, 0.25) is 0 Å². The zero-order valence-electron chi connectivity index (χ0n) is 11.5. The van der Waals surface area contributed by atoms with Crippen LogP contribution < -0.4 is 0 Å². The minimum atomic E-state index is -3.65. The van der Waals surface area contributed by atoms with Crippen molar-refractivity contribution >= 4 is 25.8 Å². The summed E-state index contributed by atoms with van der Waals surface area (Å²) < 4.78 is 25.9. The molecule has 1 unspecified atom stereocenters. The Bertz CT molecular complexity index is 777. The Morgan fingerprint density at radius 1 is 1.19 bits per heavy atom. The summed E-state index contributed by atoms with van der Waals surface area (Å²) >= 11 is 3.35. The Morgan fingerprint density at radius 3 is 2.43 bits per heavy atom. The number of rotatable bonds is 4. The quantitative estimate of drug-likeness (QED) is 0.769. The van der Waals surface area contributed by atoms with Crippen LogP contribution in [-0.2, 0) is 16.3 Å². The Labute approximate surface area is 133 Å². The van der Waals surface area contributed by atoms with Crippen LogP contribution in [0.25, 0.3) is 4.85 Å². The fourth-order valence-electron chi connectivity index (χ4n) is 1.98. The number of sulfone groups is 1. The molecule has 0 bridgehead atoms. The van der Waals surface area contributed by atoms with Gasteiger partial charge >= 0.3 is 5.37 Å². The number of hydrogen-bond donors (Lipinski definition) is 0. The molecule has 2 aromatic rings. The van der Waals surface area contributed by atoms with E-state index in [1.807, 2.05) is 31.2 Å². The average Bonchev–Trinajstić information content (AvgIpc) is 2.45. The average molecular weight is 364 g/mol. The molecule has 0 aromatic heterocycles. The van der Waals surface area contributed by atoms with Crippen molar-refractivity contribution < 1.29 is 8.42 Å². The summed E-state index contributed by atoms with van der Waals surface area (Å²) in [5.41, 5.74) is 1.81. The number of nitrogens with zero attached hydrogens (tertiary/aromatic N) is 1. The molecule has 2 rings (SSSR count). The van der Waals surface area contributed by atoms with E-state index in [0.29, 0.717) is 0 Å². The lowest BCUT2D eigenvalue weighted by Gasteiger charge is -2.08. The van der Waals surface area contributed by atoms with E-state index in [0.717, 1.165) is 15.6 Å². The highest BCUT2D eigenvalue weighted by molar-refractivity contribution is 9.10. The van der Waals surface area contributed by atoms with E-state index in [4.69, 9.17) is 6.57 Å². The van der Waals surface area contributed by atoms with Gasteiger partial charge in [0.15, 0.2) is 0 Å². The van der Waals surface area contributed by atoms with Gasteiger partial charge in [0.1, 0.15) is 0 Å². The van der Waals surface area contributed by atoms with Crippen LogP contribution >= 0.6 is 15.9 Å². The first kappa shape index (κ1) is 15.7. The fraction of sp³-hybridized carbons (Fsp3) is 0.188. The van der Waals surface area contributed by atoms with E-state index < -0.39 is 15.2 Å². The summed E-state index contributed by atoms with van der Waals surface area (Å²) in [6, 6.07) is 14.0. The third-order valence-corrected chi connectivity index (χ3v) is 5.56. The lowest BCUT2D eigenvalue weighted by atomic mass is 10.1. The molecule has 0 aliphatic heterocycles. The maximum Gasteiger partial charge on any atom is 0.329 e. The maximum atomic E-state index is 12.5. The van der Waals surface area contributed by atoms with E-state index in [9.17, 15) is 8.42 Å². The molecule has 2 aromatic carbocycles. The van der Waals surface area contributed by atoms with Crippen molar-refractivity contribution in [3.8, 4) is 0 Å². The van der Waals surface area contributed by atoms with Gasteiger partial charge in [-0.25, -0.2) is 15.0 Å². The molecule has 0 fully saturated rings. The minimum Gasteiger partial charge on any atom is -0.296 e. The van der Waals surface area contributed by atoms with Crippen molar-refractivity contribution in [1.29, 1.82) is 0 Å². The molecule has 5 heteroatoms. The summed E-state index contributed by atoms with van der Waals surface area (Å²) in [7, 11) is -3.65. The minimum absolute atomic E-state index is 0.180. The Hall–Kier alpha value is -1.64. The summed E-state index contributed by atoms with van der Waals surface area (Å²) in [5.74, 6) is 0. The highest BCUT2D eigenvalue weighted by Gasteiger charge is 2.32. The van der Waals surface area contributed by atoms with Gasteiger partial charge in [-0.3, -0.25) is 4.85 Å². The van der Waals surface area contributed by atoms with Crippen LogP contribution in [0.3, 0.4) is 0 Å². The summed E-state index contributed by atoms with van der Waals surface area (Å²) in [6.45, 7) is 9.14. The van der Waals surface area contributed by atoms with E-state index >= 15 is 0 Å². The Balaban J connectivity index is 2.32. The monoisotopic (exact) mass is 363 g/mol. The molecule has 0 aliphatic carbocycles. The number of hydrogen-bond acceptors (Lipinski definition) is 2. The zero-order valence-corrected chi connectivity index (χ0v) is 13.9. The van der Waals surface area contributed by atoms with Crippen LogP contribution in [0.2, 0.25) is 0 Å². The molecule has 0 N–H and O–H groups in total. The van der Waals surface area contributed by atoms with Crippen LogP contribution in [0, 0.1) is 13.5 Å². The summed E-state index contributed by atoms with van der Waals surface area (Å²) in [4.78, 5) is 3.53. The standard InChI is InChI=1S/C16H14BrNO2S/c1-12-6-8-15(9-7-12)21(19,20)16(18-2)11-13-4-3-5-14(17)10-13/h3-10,16H,11H2,1H3. The lowest BCUT2D eigenvalue weighted by Crippen LogP contribution is -2.20. The van der Waals surface area contributed by atoms with E-state index in [-0.39, 0.29) is 11.3 Å². The van der Waals surface area contributed by atoms with Crippen LogP contribution in [0.15, 0.2) is 57.9 Å². The molecule has 1 atom stereocenters. The molecule has 0 heterocycles. The van der Waals surface area contributed by atoms with Crippen LogP contribution in [0.1, 0.15) is 11.1 Å². The molecule has 108 valence electrons. The van der Waals surface area contributed by atoms with Crippen LogP contribution in [-0.4, -0.2) is 13.8 Å². The Kier molecular flexibility index (Phi) is 4.81. The van der Waals surface area contributed by atoms with Crippen molar-refractivity contribution in [3.05, 3.63) is 75.5 Å². The fourth-order valence-corrected chi connectivity index (χ4v) is 3.80. The summed E-state index contributed by atoms with van der Waals surface area (Å²) in [6.07, 6.45) is 0.180. The van der Waals surface area contributed by atoms with Gasteiger partial charge in [0.25, 0.3) is 9.84 Å². The van der Waals surface area contributed by atoms with E-state index in [1.165, 1.54) is 0 Å². The van der Waals surface area contributed by atoms with Crippen LogP contribution in [0.4, 0.5) is 0 Å². The van der Waals surface area contributed by atoms with E-state index in [2.05, 4.69) is 20.8 Å². The Morgan fingerprint density at radius 2 is 1.86 bits per heavy atom. The molecular formula is C16H14BrNO2S. The maximum absolute atomic E-state index is 12.5. The van der Waals surface area contributed by atoms with Gasteiger partial charge in [-0.2, -0.15) is 0 Å². The van der Waals surface area contributed by atoms with Crippen molar-refractivity contribution in [2.45, 2.75) is 23.6 Å². The molecular weight excluding hydrogens is 350 g/mol. The molecule has 0 amide bonds. The molecule has 0 saturated carbocycles. The second kappa shape index (κ2) is 6.42. The van der Waals surface area contributed by atoms with Crippen molar-refractivity contribution in [2.75, 3.05) is 0 Å². The SMILES string of the molecule is [C-]#[N+]C(Cc1cccc(Br)c1)S(=O)(=O)c1ccc(C)cc1. The molecule has 0 spiro atoms. The van der Waals surface area contributed by atoms with Gasteiger partial charge in [-0.1, -0.05) is 45.8 Å². The normalized spacial score (nSPS) is 12.6. The molecule has 3 nitrogen and oxygen atoms in total. The third kappa shape index (κ3) is 3.72.